The van der Waals surface area contributed by atoms with E-state index in [1.807, 2.05) is 48.5 Å². The van der Waals surface area contributed by atoms with Gasteiger partial charge in [-0.1, -0.05) is 36.0 Å². The Bertz CT molecular complexity index is 594. The highest BCUT2D eigenvalue weighted by Crippen LogP contribution is 2.47. The number of carbonyl (C=O) groups is 1. The van der Waals surface area contributed by atoms with Crippen LogP contribution in [0.3, 0.4) is 0 Å². The number of hydrogen-bond acceptors (Lipinski definition) is 3. The molecule has 19 heavy (non-hydrogen) atoms. The summed E-state index contributed by atoms with van der Waals surface area (Å²) in [5.41, 5.74) is 7.60. The number of rotatable bonds is 1. The van der Waals surface area contributed by atoms with Gasteiger partial charge in [0.05, 0.1) is 17.4 Å². The number of hydrogen-bond donors (Lipinski definition) is 1. The molecular weight excluding hydrogens is 256 g/mol. The molecule has 0 unspecified atom stereocenters. The van der Waals surface area contributed by atoms with Crippen LogP contribution in [0.4, 0.5) is 11.4 Å². The summed E-state index contributed by atoms with van der Waals surface area (Å²) in [7, 11) is 0. The summed E-state index contributed by atoms with van der Waals surface area (Å²) in [5.74, 6) is -0.0831. The summed E-state index contributed by atoms with van der Waals surface area (Å²) in [4.78, 5) is 16.3. The summed E-state index contributed by atoms with van der Waals surface area (Å²) in [6.45, 7) is 1.72. The number of anilines is 2. The molecule has 2 aromatic rings. The van der Waals surface area contributed by atoms with E-state index in [-0.39, 0.29) is 5.91 Å². The lowest BCUT2D eigenvalue weighted by Crippen LogP contribution is -2.40. The molecule has 1 amide bonds. The summed E-state index contributed by atoms with van der Waals surface area (Å²) in [6, 6.07) is 15.3. The Labute approximate surface area is 116 Å². The van der Waals surface area contributed by atoms with Crippen molar-refractivity contribution < 1.29 is 4.79 Å². The van der Waals surface area contributed by atoms with Crippen LogP contribution in [0.2, 0.25) is 0 Å². The van der Waals surface area contributed by atoms with Gasteiger partial charge in [-0.05, 0) is 31.2 Å². The van der Waals surface area contributed by atoms with Crippen LogP contribution in [0.25, 0.3) is 0 Å². The molecule has 0 bridgehead atoms. The smallest absolute Gasteiger partial charge is 0.248 e. The predicted octanol–water partition coefficient (Wildman–Crippen LogP) is 3.16. The molecule has 0 radical (unpaired) electrons. The van der Waals surface area contributed by atoms with Crippen molar-refractivity contribution in [3.63, 3.8) is 0 Å². The Balaban J connectivity index is 2.19. The first kappa shape index (κ1) is 12.3. The molecule has 0 saturated carbocycles. The van der Waals surface area contributed by atoms with Gasteiger partial charge in [-0.25, -0.2) is 0 Å². The van der Waals surface area contributed by atoms with E-state index in [1.165, 1.54) is 0 Å². The highest BCUT2D eigenvalue weighted by molar-refractivity contribution is 7.99. The number of nitrogens with two attached hydrogens (primary N) is 1. The second-order valence-electron chi connectivity index (χ2n) is 4.50. The van der Waals surface area contributed by atoms with Crippen molar-refractivity contribution in [2.75, 3.05) is 4.90 Å². The molecule has 1 aliphatic rings. The van der Waals surface area contributed by atoms with E-state index in [2.05, 4.69) is 0 Å². The van der Waals surface area contributed by atoms with Crippen LogP contribution in [0, 0.1) is 0 Å². The van der Waals surface area contributed by atoms with Crippen LogP contribution in [-0.4, -0.2) is 11.9 Å². The molecule has 96 valence electrons. The van der Waals surface area contributed by atoms with E-state index in [0.717, 1.165) is 21.2 Å². The van der Waals surface area contributed by atoms with Crippen molar-refractivity contribution in [2.24, 2.45) is 5.73 Å². The van der Waals surface area contributed by atoms with Crippen LogP contribution >= 0.6 is 11.8 Å². The van der Waals surface area contributed by atoms with Gasteiger partial charge in [-0.2, -0.15) is 0 Å². The first-order valence-electron chi connectivity index (χ1n) is 6.14. The Hall–Kier alpha value is -1.78. The van der Waals surface area contributed by atoms with Crippen molar-refractivity contribution in [2.45, 2.75) is 22.8 Å². The molecule has 0 fully saturated rings. The van der Waals surface area contributed by atoms with E-state index < -0.39 is 6.04 Å². The molecule has 0 saturated heterocycles. The maximum Gasteiger partial charge on any atom is 0.248 e. The third-order valence-electron chi connectivity index (χ3n) is 3.04. The monoisotopic (exact) mass is 270 g/mol. The van der Waals surface area contributed by atoms with Crippen LogP contribution in [0.5, 0.6) is 0 Å². The second kappa shape index (κ2) is 4.72. The highest BCUT2D eigenvalue weighted by atomic mass is 32.2. The van der Waals surface area contributed by atoms with Gasteiger partial charge in [0.25, 0.3) is 0 Å². The fraction of sp³-hybridized carbons (Fsp3) is 0.133. The quantitative estimate of drug-likeness (QED) is 0.865. The molecule has 0 aliphatic carbocycles. The van der Waals surface area contributed by atoms with Crippen LogP contribution in [0.15, 0.2) is 58.3 Å². The summed E-state index contributed by atoms with van der Waals surface area (Å²) in [5, 5.41) is 0. The number of para-hydroxylation sites is 2. The van der Waals surface area contributed by atoms with Gasteiger partial charge in [-0.15, -0.1) is 0 Å². The van der Waals surface area contributed by atoms with E-state index >= 15 is 0 Å². The van der Waals surface area contributed by atoms with Gasteiger partial charge < -0.3 is 5.73 Å². The zero-order chi connectivity index (χ0) is 13.4. The number of carbonyl (C=O) groups excluding carboxylic acids is 1. The first-order valence-corrected chi connectivity index (χ1v) is 6.95. The van der Waals surface area contributed by atoms with Gasteiger partial charge in [-0.3, -0.25) is 9.69 Å². The fourth-order valence-corrected chi connectivity index (χ4v) is 3.20. The lowest BCUT2D eigenvalue weighted by Gasteiger charge is -2.32. The molecule has 1 heterocycles. The average molecular weight is 270 g/mol. The van der Waals surface area contributed by atoms with E-state index in [1.54, 1.807) is 23.6 Å². The standard InChI is InChI=1S/C15H14N2OS/c1-10(16)15(18)17-11-6-2-4-8-13(11)19-14-9-5-3-7-12(14)17/h2-10H,16H2,1H3/t10-/m0/s1. The number of benzene rings is 2. The minimum absolute atomic E-state index is 0.0831. The zero-order valence-electron chi connectivity index (χ0n) is 10.5. The Morgan fingerprint density at radius 3 is 2.00 bits per heavy atom. The van der Waals surface area contributed by atoms with E-state index in [4.69, 9.17) is 5.73 Å². The maximum absolute atomic E-state index is 12.4. The molecule has 1 atom stereocenters. The highest BCUT2D eigenvalue weighted by Gasteiger charge is 2.29. The van der Waals surface area contributed by atoms with E-state index in [9.17, 15) is 4.79 Å². The Morgan fingerprint density at radius 2 is 1.53 bits per heavy atom. The van der Waals surface area contributed by atoms with Crippen LogP contribution < -0.4 is 10.6 Å². The fourth-order valence-electron chi connectivity index (χ4n) is 2.15. The molecule has 2 aromatic carbocycles. The zero-order valence-corrected chi connectivity index (χ0v) is 11.4. The van der Waals surface area contributed by atoms with Gasteiger partial charge in [0.1, 0.15) is 0 Å². The lowest BCUT2D eigenvalue weighted by molar-refractivity contribution is -0.118. The van der Waals surface area contributed by atoms with Crippen molar-refractivity contribution in [3.05, 3.63) is 48.5 Å². The molecular formula is C15H14N2OS. The van der Waals surface area contributed by atoms with E-state index in [0.29, 0.717) is 0 Å². The van der Waals surface area contributed by atoms with Crippen molar-refractivity contribution in [3.8, 4) is 0 Å². The first-order chi connectivity index (χ1) is 9.18. The Morgan fingerprint density at radius 1 is 1.05 bits per heavy atom. The van der Waals surface area contributed by atoms with Crippen molar-refractivity contribution in [1.29, 1.82) is 0 Å². The second-order valence-corrected chi connectivity index (χ2v) is 5.58. The third-order valence-corrected chi connectivity index (χ3v) is 4.17. The topological polar surface area (TPSA) is 46.3 Å². The van der Waals surface area contributed by atoms with Gasteiger partial charge in [0.15, 0.2) is 0 Å². The average Bonchev–Trinajstić information content (AvgIpc) is 2.43. The van der Waals surface area contributed by atoms with Crippen molar-refractivity contribution in [1.82, 2.24) is 0 Å². The molecule has 0 aromatic heterocycles. The molecule has 4 heteroatoms. The third kappa shape index (κ3) is 2.03. The Kier molecular flexibility index (Phi) is 3.05. The number of fused-ring (bicyclic) bond motifs is 2. The minimum atomic E-state index is -0.524. The maximum atomic E-state index is 12.4. The predicted molar refractivity (Wildman–Crippen MR) is 77.8 cm³/mol. The van der Waals surface area contributed by atoms with Gasteiger partial charge in [0.2, 0.25) is 5.91 Å². The largest absolute Gasteiger partial charge is 0.320 e. The lowest BCUT2D eigenvalue weighted by atomic mass is 10.2. The summed E-state index contributed by atoms with van der Waals surface area (Å²) >= 11 is 1.68. The molecule has 3 nitrogen and oxygen atoms in total. The SMILES string of the molecule is C[C@H](N)C(=O)N1c2ccccc2Sc2ccccc21. The number of amides is 1. The minimum Gasteiger partial charge on any atom is -0.320 e. The van der Waals surface area contributed by atoms with Crippen LogP contribution in [0.1, 0.15) is 6.92 Å². The van der Waals surface area contributed by atoms with Crippen molar-refractivity contribution >= 4 is 29.0 Å². The summed E-state index contributed by atoms with van der Waals surface area (Å²) in [6.07, 6.45) is 0. The van der Waals surface area contributed by atoms with Gasteiger partial charge in [0, 0.05) is 9.79 Å². The summed E-state index contributed by atoms with van der Waals surface area (Å²) < 4.78 is 0. The molecule has 1 aliphatic heterocycles. The van der Waals surface area contributed by atoms with Gasteiger partial charge >= 0.3 is 0 Å². The van der Waals surface area contributed by atoms with Crippen LogP contribution in [-0.2, 0) is 4.79 Å². The number of nitrogens with zero attached hydrogens (tertiary/aromatic N) is 1. The molecule has 2 N–H and O–H groups in total. The normalized spacial score (nSPS) is 14.5. The molecule has 0 spiro atoms. The molecule has 3 rings (SSSR count).